The number of aryl methyl sites for hydroxylation is 1. The average molecular weight is 592 g/mol. The Balaban J connectivity index is 2.06. The molecule has 0 fully saturated rings. The summed E-state index contributed by atoms with van der Waals surface area (Å²) >= 11 is 4.41. The number of thiol groups is 1. The van der Waals surface area contributed by atoms with E-state index in [2.05, 4.69) is 37.1 Å². The van der Waals surface area contributed by atoms with Crippen LogP contribution in [0.25, 0.3) is 10.8 Å². The van der Waals surface area contributed by atoms with Gasteiger partial charge in [0.25, 0.3) is 5.91 Å². The second-order valence-corrected chi connectivity index (χ2v) is 12.6. The highest BCUT2D eigenvalue weighted by Gasteiger charge is 2.39. The van der Waals surface area contributed by atoms with Crippen LogP contribution in [0.15, 0.2) is 66.7 Å². The van der Waals surface area contributed by atoms with Gasteiger partial charge < -0.3 is 20.3 Å². The van der Waals surface area contributed by atoms with Gasteiger partial charge in [-0.1, -0.05) is 68.4 Å². The molecule has 0 saturated carbocycles. The lowest BCUT2D eigenvalue weighted by Gasteiger charge is -2.39. The molecule has 0 saturated heterocycles. The maximum Gasteiger partial charge on any atom is 0.408 e. The molecule has 3 amide bonds. The van der Waals surface area contributed by atoms with E-state index in [1.807, 2.05) is 80.6 Å². The first-order valence-electron chi connectivity index (χ1n) is 14.6. The SMILES string of the molecule is Cc1ccccc1C(C(=O)Nc1ccc2ccccc2c1)N(C(=O)C(CS)NC(=O)OC(C)(C)C)C(C)CCC(C)C. The second kappa shape index (κ2) is 14.6. The molecule has 3 aromatic carbocycles. The Labute approximate surface area is 255 Å². The summed E-state index contributed by atoms with van der Waals surface area (Å²) in [7, 11) is 0. The van der Waals surface area contributed by atoms with Gasteiger partial charge in [0.1, 0.15) is 17.7 Å². The number of alkyl carbamates (subject to hydrolysis) is 1. The van der Waals surface area contributed by atoms with Crippen molar-refractivity contribution in [1.82, 2.24) is 10.2 Å². The van der Waals surface area contributed by atoms with Crippen LogP contribution < -0.4 is 10.6 Å². The first-order valence-corrected chi connectivity index (χ1v) is 15.2. The molecule has 8 heteroatoms. The highest BCUT2D eigenvalue weighted by atomic mass is 32.1. The highest BCUT2D eigenvalue weighted by molar-refractivity contribution is 7.80. The minimum Gasteiger partial charge on any atom is -0.444 e. The Hall–Kier alpha value is -3.52. The third kappa shape index (κ3) is 8.99. The van der Waals surface area contributed by atoms with Crippen molar-refractivity contribution in [2.45, 2.75) is 85.0 Å². The third-order valence-corrected chi connectivity index (χ3v) is 7.45. The predicted octanol–water partition coefficient (Wildman–Crippen LogP) is 7.30. The van der Waals surface area contributed by atoms with Crippen LogP contribution >= 0.6 is 12.6 Å². The van der Waals surface area contributed by atoms with Gasteiger partial charge in [-0.25, -0.2) is 4.79 Å². The zero-order valence-electron chi connectivity index (χ0n) is 25.8. The Bertz CT molecular complexity index is 1380. The van der Waals surface area contributed by atoms with Crippen LogP contribution in [0.1, 0.15) is 71.6 Å². The minimum absolute atomic E-state index is 0.0399. The molecule has 0 aliphatic carbocycles. The molecule has 0 spiro atoms. The lowest BCUT2D eigenvalue weighted by molar-refractivity contribution is -0.143. The molecule has 42 heavy (non-hydrogen) atoms. The van der Waals surface area contributed by atoms with Crippen LogP contribution in [-0.2, 0) is 14.3 Å². The van der Waals surface area contributed by atoms with Crippen molar-refractivity contribution in [3.05, 3.63) is 77.9 Å². The molecule has 0 aliphatic rings. The monoisotopic (exact) mass is 591 g/mol. The van der Waals surface area contributed by atoms with E-state index >= 15 is 0 Å². The first kappa shape index (κ1) is 33.0. The van der Waals surface area contributed by atoms with Crippen LogP contribution in [0, 0.1) is 12.8 Å². The number of nitrogens with zero attached hydrogens (tertiary/aromatic N) is 1. The number of nitrogens with one attached hydrogen (secondary N) is 2. The van der Waals surface area contributed by atoms with Gasteiger partial charge in [0, 0.05) is 17.5 Å². The second-order valence-electron chi connectivity index (χ2n) is 12.3. The molecule has 0 aliphatic heterocycles. The van der Waals surface area contributed by atoms with E-state index in [4.69, 9.17) is 4.74 Å². The lowest BCUT2D eigenvalue weighted by atomic mass is 9.94. The van der Waals surface area contributed by atoms with Gasteiger partial charge in [0.15, 0.2) is 0 Å². The van der Waals surface area contributed by atoms with E-state index in [-0.39, 0.29) is 17.7 Å². The zero-order chi connectivity index (χ0) is 31.0. The number of anilines is 1. The number of ether oxygens (including phenoxy) is 1. The summed E-state index contributed by atoms with van der Waals surface area (Å²) in [5.41, 5.74) is 1.50. The number of hydrogen-bond acceptors (Lipinski definition) is 5. The molecule has 3 unspecified atom stereocenters. The summed E-state index contributed by atoms with van der Waals surface area (Å²) in [6, 6.07) is 19.0. The zero-order valence-corrected chi connectivity index (χ0v) is 26.7. The van der Waals surface area contributed by atoms with E-state index in [9.17, 15) is 14.4 Å². The van der Waals surface area contributed by atoms with E-state index in [1.54, 1.807) is 25.7 Å². The number of rotatable bonds is 11. The summed E-state index contributed by atoms with van der Waals surface area (Å²) in [4.78, 5) is 42.9. The summed E-state index contributed by atoms with van der Waals surface area (Å²) < 4.78 is 5.43. The molecule has 7 nitrogen and oxygen atoms in total. The number of carbonyl (C=O) groups is 3. The number of carbonyl (C=O) groups excluding carboxylic acids is 3. The lowest BCUT2D eigenvalue weighted by Crippen LogP contribution is -2.55. The minimum atomic E-state index is -0.996. The largest absolute Gasteiger partial charge is 0.444 e. The van der Waals surface area contributed by atoms with E-state index in [0.29, 0.717) is 18.0 Å². The third-order valence-electron chi connectivity index (χ3n) is 7.09. The summed E-state index contributed by atoms with van der Waals surface area (Å²) in [5, 5.41) is 7.83. The van der Waals surface area contributed by atoms with E-state index in [1.165, 1.54) is 0 Å². The van der Waals surface area contributed by atoms with Crippen molar-refractivity contribution in [2.24, 2.45) is 5.92 Å². The maximum atomic E-state index is 14.3. The Kier molecular flexibility index (Phi) is 11.5. The van der Waals surface area contributed by atoms with Crippen LogP contribution in [0.5, 0.6) is 0 Å². The highest BCUT2D eigenvalue weighted by Crippen LogP contribution is 2.31. The van der Waals surface area contributed by atoms with Crippen LogP contribution in [0.3, 0.4) is 0 Å². The molecule has 0 radical (unpaired) electrons. The molecule has 226 valence electrons. The standard InChI is InChI=1S/C34H45N3O4S/c1-22(2)16-17-24(4)37(32(39)29(21-42)36-33(40)41-34(5,6)7)30(28-15-11-8-12-23(28)3)31(38)35-27-19-18-25-13-9-10-14-26(25)20-27/h8-15,18-20,22,24,29-30,42H,16-17,21H2,1-7H3,(H,35,38)(H,36,40). The number of hydrogen-bond donors (Lipinski definition) is 3. The summed E-state index contributed by atoms with van der Waals surface area (Å²) in [6.45, 7) is 13.4. The van der Waals surface area contributed by atoms with Gasteiger partial charge in [-0.3, -0.25) is 9.59 Å². The topological polar surface area (TPSA) is 87.7 Å². The van der Waals surface area contributed by atoms with Crippen molar-refractivity contribution in [3.63, 3.8) is 0 Å². The number of fused-ring (bicyclic) bond motifs is 1. The van der Waals surface area contributed by atoms with E-state index in [0.717, 1.165) is 28.3 Å². The molecule has 2 N–H and O–H groups in total. The van der Waals surface area contributed by atoms with Crippen molar-refractivity contribution in [3.8, 4) is 0 Å². The maximum absolute atomic E-state index is 14.3. The Morgan fingerprint density at radius 1 is 0.905 bits per heavy atom. The smallest absolute Gasteiger partial charge is 0.408 e. The molecule has 0 aromatic heterocycles. The van der Waals surface area contributed by atoms with Crippen LogP contribution in [0.4, 0.5) is 10.5 Å². The fourth-order valence-corrected chi connectivity index (χ4v) is 5.16. The predicted molar refractivity (Wildman–Crippen MR) is 174 cm³/mol. The fraction of sp³-hybridized carbons (Fsp3) is 0.441. The quantitative estimate of drug-likeness (QED) is 0.204. The Morgan fingerprint density at radius 3 is 2.17 bits per heavy atom. The molecular formula is C34H45N3O4S. The van der Waals surface area contributed by atoms with Gasteiger partial charge in [-0.05, 0) is 87.4 Å². The average Bonchev–Trinajstić information content (AvgIpc) is 2.92. The Morgan fingerprint density at radius 2 is 1.55 bits per heavy atom. The van der Waals surface area contributed by atoms with Crippen molar-refractivity contribution < 1.29 is 19.1 Å². The molecular weight excluding hydrogens is 546 g/mol. The van der Waals surface area contributed by atoms with Gasteiger partial charge in [0.05, 0.1) is 0 Å². The van der Waals surface area contributed by atoms with Crippen molar-refractivity contribution in [1.29, 1.82) is 0 Å². The van der Waals surface area contributed by atoms with Crippen molar-refractivity contribution >= 4 is 47.0 Å². The molecule has 3 rings (SSSR count). The fourth-order valence-electron chi connectivity index (χ4n) is 4.92. The van der Waals surface area contributed by atoms with Gasteiger partial charge in [-0.2, -0.15) is 12.6 Å². The molecule has 0 heterocycles. The molecule has 3 aromatic rings. The molecule has 0 bridgehead atoms. The summed E-state index contributed by atoms with van der Waals surface area (Å²) in [5.74, 6) is -0.278. The van der Waals surface area contributed by atoms with Crippen molar-refractivity contribution in [2.75, 3.05) is 11.1 Å². The van der Waals surface area contributed by atoms with Crippen LogP contribution in [-0.4, -0.2) is 46.2 Å². The van der Waals surface area contributed by atoms with E-state index < -0.39 is 29.7 Å². The first-order chi connectivity index (χ1) is 19.8. The normalized spacial score (nSPS) is 13.7. The van der Waals surface area contributed by atoms with Gasteiger partial charge in [-0.15, -0.1) is 0 Å². The number of benzene rings is 3. The molecule has 3 atom stereocenters. The number of amides is 3. The van der Waals surface area contributed by atoms with Crippen LogP contribution in [0.2, 0.25) is 0 Å². The van der Waals surface area contributed by atoms with Gasteiger partial charge >= 0.3 is 6.09 Å². The summed E-state index contributed by atoms with van der Waals surface area (Å²) in [6.07, 6.45) is 0.835. The van der Waals surface area contributed by atoms with Gasteiger partial charge in [0.2, 0.25) is 5.91 Å².